The first-order valence-corrected chi connectivity index (χ1v) is 10.7. The lowest BCUT2D eigenvalue weighted by molar-refractivity contribution is -0.274. The van der Waals surface area contributed by atoms with E-state index in [2.05, 4.69) is 15.6 Å². The van der Waals surface area contributed by atoms with Crippen LogP contribution in [0, 0.1) is 6.92 Å². The van der Waals surface area contributed by atoms with Crippen LogP contribution < -0.4 is 15.6 Å². The van der Waals surface area contributed by atoms with Crippen molar-refractivity contribution in [2.75, 3.05) is 26.2 Å². The molecule has 2 heterocycles. The van der Waals surface area contributed by atoms with Crippen molar-refractivity contribution in [2.45, 2.75) is 18.2 Å². The summed E-state index contributed by atoms with van der Waals surface area (Å²) < 4.78 is 72.0. The van der Waals surface area contributed by atoms with Crippen molar-refractivity contribution in [3.8, 4) is 5.75 Å². The second-order valence-corrected chi connectivity index (χ2v) is 8.62. The number of aryl methyl sites for hydroxylation is 1. The first-order valence-electron chi connectivity index (χ1n) is 9.23. The summed E-state index contributed by atoms with van der Waals surface area (Å²) in [7, 11) is -3.97. The number of carbonyl (C=O) groups is 2. The number of carbonyl (C=O) groups excluding carboxylic acids is 2. The molecule has 10 nitrogen and oxygen atoms in total. The number of sulfonamides is 1. The maximum absolute atomic E-state index is 12.7. The van der Waals surface area contributed by atoms with Gasteiger partial charge in [-0.3, -0.25) is 10.2 Å². The van der Waals surface area contributed by atoms with Crippen LogP contribution in [-0.2, 0) is 10.0 Å². The summed E-state index contributed by atoms with van der Waals surface area (Å²) in [6.45, 7) is 1.60. The fourth-order valence-electron chi connectivity index (χ4n) is 2.97. The van der Waals surface area contributed by atoms with E-state index in [0.717, 1.165) is 28.6 Å². The van der Waals surface area contributed by atoms with Gasteiger partial charge in [-0.1, -0.05) is 0 Å². The molecule has 2 aromatic rings. The minimum atomic E-state index is -4.88. The van der Waals surface area contributed by atoms with Crippen molar-refractivity contribution in [2.24, 2.45) is 0 Å². The molecule has 174 valence electrons. The largest absolute Gasteiger partial charge is 0.573 e. The minimum Gasteiger partial charge on any atom is -0.469 e. The van der Waals surface area contributed by atoms with Gasteiger partial charge in [-0.25, -0.2) is 18.6 Å². The van der Waals surface area contributed by atoms with Gasteiger partial charge in [0.05, 0.1) is 16.7 Å². The molecule has 1 aliphatic rings. The van der Waals surface area contributed by atoms with Gasteiger partial charge in [0.15, 0.2) is 0 Å². The third kappa shape index (κ3) is 5.50. The first kappa shape index (κ1) is 23.4. The molecule has 0 unspecified atom stereocenters. The monoisotopic (exact) mass is 476 g/mol. The van der Waals surface area contributed by atoms with Crippen LogP contribution in [0.4, 0.5) is 18.0 Å². The maximum Gasteiger partial charge on any atom is 0.573 e. The van der Waals surface area contributed by atoms with Crippen molar-refractivity contribution in [3.05, 3.63) is 47.9 Å². The molecule has 1 fully saturated rings. The molecule has 14 heteroatoms. The molecule has 3 amide bonds. The Hall–Kier alpha value is -3.26. The highest BCUT2D eigenvalue weighted by atomic mass is 32.2. The number of ether oxygens (including phenoxy) is 1. The molecular weight excluding hydrogens is 457 g/mol. The summed E-state index contributed by atoms with van der Waals surface area (Å²) in [6, 6.07) is 4.68. The molecule has 1 aromatic heterocycles. The Morgan fingerprint density at radius 2 is 1.66 bits per heavy atom. The van der Waals surface area contributed by atoms with E-state index < -0.39 is 34.1 Å². The summed E-state index contributed by atoms with van der Waals surface area (Å²) in [4.78, 5) is 25.3. The van der Waals surface area contributed by atoms with Crippen LogP contribution in [0.15, 0.2) is 45.9 Å². The molecule has 0 bridgehead atoms. The fourth-order valence-corrected chi connectivity index (χ4v) is 4.39. The zero-order chi connectivity index (χ0) is 23.5. The Balaban J connectivity index is 1.53. The van der Waals surface area contributed by atoms with Crippen molar-refractivity contribution in [3.63, 3.8) is 0 Å². The molecule has 0 atom stereocenters. The van der Waals surface area contributed by atoms with Gasteiger partial charge >= 0.3 is 12.4 Å². The van der Waals surface area contributed by atoms with E-state index >= 15 is 0 Å². The molecule has 1 saturated heterocycles. The lowest BCUT2D eigenvalue weighted by Gasteiger charge is -2.33. The highest BCUT2D eigenvalue weighted by molar-refractivity contribution is 7.89. The average molecular weight is 476 g/mol. The topological polar surface area (TPSA) is 121 Å². The molecule has 2 N–H and O–H groups in total. The number of nitrogens with zero attached hydrogens (tertiary/aromatic N) is 2. The fraction of sp³-hybridized carbons (Fsp3) is 0.333. The van der Waals surface area contributed by atoms with Crippen LogP contribution in [0.2, 0.25) is 0 Å². The highest BCUT2D eigenvalue weighted by Gasteiger charge is 2.32. The molecule has 0 aliphatic carbocycles. The Morgan fingerprint density at radius 1 is 1.03 bits per heavy atom. The van der Waals surface area contributed by atoms with Crippen molar-refractivity contribution in [1.82, 2.24) is 20.1 Å². The standard InChI is InChI=1S/C18H19F3N4O6S/c1-12-15(6-11-30-12)16(26)22-23-17(27)24-7-9-25(10-8-24)32(28,29)14-4-2-13(3-5-14)31-18(19,20)21/h2-6,11H,7-10H2,1H3,(H,22,26)(H,23,27). The SMILES string of the molecule is Cc1occc1C(=O)NNC(=O)N1CCN(S(=O)(=O)c2ccc(OC(F)(F)F)cc2)CC1. The zero-order valence-corrected chi connectivity index (χ0v) is 17.5. The van der Waals surface area contributed by atoms with E-state index in [1.54, 1.807) is 6.92 Å². The Bertz CT molecular complexity index is 1080. The number of amides is 3. The number of halogens is 3. The van der Waals surface area contributed by atoms with Gasteiger partial charge < -0.3 is 14.1 Å². The number of piperazine rings is 1. The third-order valence-corrected chi connectivity index (χ3v) is 6.52. The van der Waals surface area contributed by atoms with Gasteiger partial charge in [0.1, 0.15) is 11.5 Å². The molecule has 0 radical (unpaired) electrons. The quantitative estimate of drug-likeness (QED) is 0.650. The van der Waals surface area contributed by atoms with Gasteiger partial charge in [-0.2, -0.15) is 4.31 Å². The van der Waals surface area contributed by atoms with Gasteiger partial charge in [0.25, 0.3) is 5.91 Å². The van der Waals surface area contributed by atoms with Gasteiger partial charge in [0, 0.05) is 26.2 Å². The van der Waals surface area contributed by atoms with Gasteiger partial charge in [-0.15, -0.1) is 13.2 Å². The van der Waals surface area contributed by atoms with Crippen LogP contribution in [0.3, 0.4) is 0 Å². The van der Waals surface area contributed by atoms with Crippen molar-refractivity contribution in [1.29, 1.82) is 0 Å². The molecular formula is C18H19F3N4O6S. The Labute approximate surface area is 180 Å². The number of furan rings is 1. The number of alkyl halides is 3. The summed E-state index contributed by atoms with van der Waals surface area (Å²) in [5.74, 6) is -0.720. The smallest absolute Gasteiger partial charge is 0.469 e. The molecule has 1 aliphatic heterocycles. The third-order valence-electron chi connectivity index (χ3n) is 4.61. The predicted octanol–water partition coefficient (Wildman–Crippen LogP) is 1.85. The first-order chi connectivity index (χ1) is 15.0. The van der Waals surface area contributed by atoms with Crippen molar-refractivity contribution < 1.29 is 40.3 Å². The lowest BCUT2D eigenvalue weighted by atomic mass is 10.2. The number of nitrogens with one attached hydrogen (secondary N) is 2. The van der Waals surface area contributed by atoms with Gasteiger partial charge in [0.2, 0.25) is 10.0 Å². The zero-order valence-electron chi connectivity index (χ0n) is 16.7. The number of hydrogen-bond donors (Lipinski definition) is 2. The number of urea groups is 1. The summed E-state index contributed by atoms with van der Waals surface area (Å²) in [5.41, 5.74) is 4.75. The van der Waals surface area contributed by atoms with Crippen LogP contribution in [0.25, 0.3) is 0 Å². The van der Waals surface area contributed by atoms with E-state index in [1.807, 2.05) is 0 Å². The number of rotatable bonds is 4. The maximum atomic E-state index is 12.7. The van der Waals surface area contributed by atoms with E-state index in [0.29, 0.717) is 5.76 Å². The Kier molecular flexibility index (Phi) is 6.64. The summed E-state index contributed by atoms with van der Waals surface area (Å²) in [6.07, 6.45) is -3.54. The van der Waals surface area contributed by atoms with Crippen LogP contribution >= 0.6 is 0 Å². The number of benzene rings is 1. The average Bonchev–Trinajstić information content (AvgIpc) is 3.17. The van der Waals surface area contributed by atoms with Crippen LogP contribution in [0.5, 0.6) is 5.75 Å². The number of hydrogen-bond acceptors (Lipinski definition) is 6. The predicted molar refractivity (Wildman–Crippen MR) is 103 cm³/mol. The second kappa shape index (κ2) is 9.08. The van der Waals surface area contributed by atoms with Crippen LogP contribution in [0.1, 0.15) is 16.1 Å². The van der Waals surface area contributed by atoms with E-state index in [1.165, 1.54) is 17.2 Å². The highest BCUT2D eigenvalue weighted by Crippen LogP contribution is 2.25. The summed E-state index contributed by atoms with van der Waals surface area (Å²) >= 11 is 0. The summed E-state index contributed by atoms with van der Waals surface area (Å²) in [5, 5.41) is 0. The normalized spacial score (nSPS) is 15.3. The van der Waals surface area contributed by atoms with E-state index in [4.69, 9.17) is 4.42 Å². The van der Waals surface area contributed by atoms with Gasteiger partial charge in [-0.05, 0) is 37.3 Å². The Morgan fingerprint density at radius 3 is 2.19 bits per heavy atom. The lowest BCUT2D eigenvalue weighted by Crippen LogP contribution is -2.56. The minimum absolute atomic E-state index is 0.0364. The van der Waals surface area contributed by atoms with Crippen molar-refractivity contribution >= 4 is 22.0 Å². The molecule has 3 rings (SSSR count). The molecule has 0 spiro atoms. The van der Waals surface area contributed by atoms with E-state index in [-0.39, 0.29) is 36.6 Å². The molecule has 32 heavy (non-hydrogen) atoms. The van der Waals surface area contributed by atoms with E-state index in [9.17, 15) is 31.2 Å². The second-order valence-electron chi connectivity index (χ2n) is 6.69. The molecule has 0 saturated carbocycles. The number of hydrazine groups is 1. The van der Waals surface area contributed by atoms with Crippen LogP contribution in [-0.4, -0.2) is 62.1 Å². The molecule has 1 aromatic carbocycles.